The van der Waals surface area contributed by atoms with Crippen LogP contribution in [-0.4, -0.2) is 19.2 Å². The lowest BCUT2D eigenvalue weighted by Crippen LogP contribution is -2.33. The molecule has 0 saturated heterocycles. The predicted molar refractivity (Wildman–Crippen MR) is 77.0 cm³/mol. The van der Waals surface area contributed by atoms with Crippen LogP contribution in [0.25, 0.3) is 0 Å². The van der Waals surface area contributed by atoms with E-state index in [0.29, 0.717) is 6.10 Å². The molecule has 2 unspecified atom stereocenters. The zero-order valence-electron chi connectivity index (χ0n) is 10.8. The van der Waals surface area contributed by atoms with Crippen molar-refractivity contribution >= 4 is 15.9 Å². The molecule has 98 valence electrons. The van der Waals surface area contributed by atoms with Crippen molar-refractivity contribution in [1.82, 2.24) is 5.32 Å². The molecule has 1 aromatic rings. The third-order valence-corrected chi connectivity index (χ3v) is 4.52. The minimum atomic E-state index is 0.306. The molecule has 0 spiro atoms. The summed E-state index contributed by atoms with van der Waals surface area (Å²) < 4.78 is 7.08. The lowest BCUT2D eigenvalue weighted by Gasteiger charge is -2.15. The van der Waals surface area contributed by atoms with Gasteiger partial charge in [-0.3, -0.25) is 0 Å². The fraction of sp³-hybridized carbons (Fsp3) is 0.600. The van der Waals surface area contributed by atoms with Crippen LogP contribution in [0, 0.1) is 11.8 Å². The van der Waals surface area contributed by atoms with Crippen LogP contribution >= 0.6 is 15.9 Å². The van der Waals surface area contributed by atoms with Gasteiger partial charge in [-0.1, -0.05) is 22.9 Å². The Kier molecular flexibility index (Phi) is 3.62. The fourth-order valence-electron chi connectivity index (χ4n) is 2.71. The van der Waals surface area contributed by atoms with Crippen molar-refractivity contribution in [2.24, 2.45) is 11.8 Å². The van der Waals surface area contributed by atoms with Gasteiger partial charge < -0.3 is 10.1 Å². The Bertz CT molecular complexity index is 431. The van der Waals surface area contributed by atoms with Crippen LogP contribution in [0.1, 0.15) is 25.3 Å². The summed E-state index contributed by atoms with van der Waals surface area (Å²) in [6, 6.07) is 6.28. The maximum atomic E-state index is 5.94. The maximum Gasteiger partial charge on any atom is 0.123 e. The average Bonchev–Trinajstić information content (AvgIpc) is 3.11. The van der Waals surface area contributed by atoms with E-state index < -0.39 is 0 Å². The molecule has 1 aromatic carbocycles. The van der Waals surface area contributed by atoms with E-state index in [1.165, 1.54) is 18.4 Å². The van der Waals surface area contributed by atoms with E-state index in [-0.39, 0.29) is 0 Å². The molecule has 1 heterocycles. The number of hydrogen-bond donors (Lipinski definition) is 1. The first-order valence-electron chi connectivity index (χ1n) is 6.88. The quantitative estimate of drug-likeness (QED) is 0.900. The van der Waals surface area contributed by atoms with Gasteiger partial charge in [0.25, 0.3) is 0 Å². The number of nitrogens with one attached hydrogen (secondary N) is 1. The van der Waals surface area contributed by atoms with Gasteiger partial charge in [-0.05, 0) is 55.0 Å². The molecule has 3 rings (SSSR count). The highest BCUT2D eigenvalue weighted by atomic mass is 79.9. The molecule has 3 heteroatoms. The SMILES string of the molecule is CC(CNCC1Cc2cc(Br)ccc2O1)C1CC1. The smallest absolute Gasteiger partial charge is 0.123 e. The van der Waals surface area contributed by atoms with Crippen LogP contribution in [-0.2, 0) is 6.42 Å². The minimum absolute atomic E-state index is 0.306. The summed E-state index contributed by atoms with van der Waals surface area (Å²) in [6.45, 7) is 4.44. The number of fused-ring (bicyclic) bond motifs is 1. The molecule has 1 fully saturated rings. The van der Waals surface area contributed by atoms with Crippen LogP contribution < -0.4 is 10.1 Å². The van der Waals surface area contributed by atoms with E-state index >= 15 is 0 Å². The normalized spacial score (nSPS) is 23.6. The van der Waals surface area contributed by atoms with E-state index in [0.717, 1.165) is 41.6 Å². The van der Waals surface area contributed by atoms with Crippen molar-refractivity contribution < 1.29 is 4.74 Å². The van der Waals surface area contributed by atoms with Crippen molar-refractivity contribution in [2.75, 3.05) is 13.1 Å². The van der Waals surface area contributed by atoms with Gasteiger partial charge in [-0.25, -0.2) is 0 Å². The third kappa shape index (κ3) is 2.89. The molecule has 0 bridgehead atoms. The van der Waals surface area contributed by atoms with E-state index in [9.17, 15) is 0 Å². The Balaban J connectivity index is 1.45. The van der Waals surface area contributed by atoms with Crippen molar-refractivity contribution in [2.45, 2.75) is 32.3 Å². The van der Waals surface area contributed by atoms with Gasteiger partial charge in [-0.15, -0.1) is 0 Å². The summed E-state index contributed by atoms with van der Waals surface area (Å²) in [4.78, 5) is 0. The summed E-state index contributed by atoms with van der Waals surface area (Å²) in [7, 11) is 0. The molecule has 18 heavy (non-hydrogen) atoms. The zero-order chi connectivity index (χ0) is 12.5. The van der Waals surface area contributed by atoms with Crippen molar-refractivity contribution in [3.63, 3.8) is 0 Å². The molecule has 1 aliphatic carbocycles. The van der Waals surface area contributed by atoms with Crippen molar-refractivity contribution in [3.05, 3.63) is 28.2 Å². The summed E-state index contributed by atoms with van der Waals surface area (Å²) >= 11 is 3.51. The lowest BCUT2D eigenvalue weighted by molar-refractivity contribution is 0.224. The largest absolute Gasteiger partial charge is 0.488 e. The summed E-state index contributed by atoms with van der Waals surface area (Å²) in [5, 5.41) is 3.56. The Morgan fingerprint density at radius 2 is 2.28 bits per heavy atom. The maximum absolute atomic E-state index is 5.94. The van der Waals surface area contributed by atoms with Crippen molar-refractivity contribution in [3.8, 4) is 5.75 Å². The van der Waals surface area contributed by atoms with E-state index in [1.807, 2.05) is 6.07 Å². The number of rotatable bonds is 5. The number of hydrogen-bond acceptors (Lipinski definition) is 2. The van der Waals surface area contributed by atoms with Gasteiger partial charge in [0.15, 0.2) is 0 Å². The first kappa shape index (κ1) is 12.5. The zero-order valence-corrected chi connectivity index (χ0v) is 12.4. The van der Waals surface area contributed by atoms with Crippen LogP contribution in [0.4, 0.5) is 0 Å². The highest BCUT2D eigenvalue weighted by molar-refractivity contribution is 9.10. The van der Waals surface area contributed by atoms with Crippen LogP contribution in [0.3, 0.4) is 0 Å². The summed E-state index contributed by atoms with van der Waals surface area (Å²) in [5.74, 6) is 2.86. The highest BCUT2D eigenvalue weighted by Crippen LogP contribution is 2.36. The molecule has 2 atom stereocenters. The van der Waals surface area contributed by atoms with Gasteiger partial charge in [-0.2, -0.15) is 0 Å². The van der Waals surface area contributed by atoms with Gasteiger partial charge in [0.05, 0.1) is 0 Å². The minimum Gasteiger partial charge on any atom is -0.488 e. The molecule has 0 aromatic heterocycles. The molecule has 2 aliphatic rings. The molecular formula is C15H20BrNO. The Hall–Kier alpha value is -0.540. The van der Waals surface area contributed by atoms with Crippen LogP contribution in [0.5, 0.6) is 5.75 Å². The summed E-state index contributed by atoms with van der Waals surface area (Å²) in [6.07, 6.45) is 4.20. The van der Waals surface area contributed by atoms with E-state index in [1.54, 1.807) is 0 Å². The molecule has 0 radical (unpaired) electrons. The molecule has 2 nitrogen and oxygen atoms in total. The standard InChI is InChI=1S/C15H20BrNO/c1-10(11-2-3-11)8-17-9-14-7-12-6-13(16)4-5-15(12)18-14/h4-6,10-11,14,17H,2-3,7-9H2,1H3. The average molecular weight is 310 g/mol. The molecule has 1 N–H and O–H groups in total. The fourth-order valence-corrected chi connectivity index (χ4v) is 3.12. The second-order valence-corrected chi connectivity index (χ2v) is 6.58. The molecule has 0 amide bonds. The highest BCUT2D eigenvalue weighted by Gasteiger charge is 2.28. The first-order chi connectivity index (χ1) is 8.72. The van der Waals surface area contributed by atoms with E-state index in [4.69, 9.17) is 4.74 Å². The van der Waals surface area contributed by atoms with Gasteiger partial charge in [0.2, 0.25) is 0 Å². The molecule has 1 saturated carbocycles. The van der Waals surface area contributed by atoms with E-state index in [2.05, 4.69) is 40.3 Å². The van der Waals surface area contributed by atoms with Crippen LogP contribution in [0.15, 0.2) is 22.7 Å². The van der Waals surface area contributed by atoms with Gasteiger partial charge in [0, 0.05) is 17.4 Å². The number of ether oxygens (including phenoxy) is 1. The molecular weight excluding hydrogens is 290 g/mol. The Morgan fingerprint density at radius 1 is 1.44 bits per heavy atom. The monoisotopic (exact) mass is 309 g/mol. The summed E-state index contributed by atoms with van der Waals surface area (Å²) in [5.41, 5.74) is 1.33. The van der Waals surface area contributed by atoms with Gasteiger partial charge >= 0.3 is 0 Å². The Morgan fingerprint density at radius 3 is 3.06 bits per heavy atom. The second kappa shape index (κ2) is 5.22. The Labute approximate surface area is 117 Å². The topological polar surface area (TPSA) is 21.3 Å². The third-order valence-electron chi connectivity index (χ3n) is 4.03. The van der Waals surface area contributed by atoms with Crippen LogP contribution in [0.2, 0.25) is 0 Å². The first-order valence-corrected chi connectivity index (χ1v) is 7.67. The number of benzene rings is 1. The number of halogens is 1. The molecule has 1 aliphatic heterocycles. The second-order valence-electron chi connectivity index (χ2n) is 5.67. The van der Waals surface area contributed by atoms with Crippen molar-refractivity contribution in [1.29, 1.82) is 0 Å². The predicted octanol–water partition coefficient (Wildman–Crippen LogP) is 3.39. The lowest BCUT2D eigenvalue weighted by atomic mass is 10.1. The van der Waals surface area contributed by atoms with Gasteiger partial charge in [0.1, 0.15) is 11.9 Å².